The van der Waals surface area contributed by atoms with Crippen LogP contribution in [0.2, 0.25) is 0 Å². The highest BCUT2D eigenvalue weighted by Crippen LogP contribution is 1.95. The van der Waals surface area contributed by atoms with Crippen molar-refractivity contribution in [2.75, 3.05) is 19.7 Å². The van der Waals surface area contributed by atoms with Gasteiger partial charge in [-0.3, -0.25) is 4.79 Å². The maximum Gasteiger partial charge on any atom is 0.217 e. The van der Waals surface area contributed by atoms with Gasteiger partial charge in [0, 0.05) is 6.42 Å². The molecule has 0 aliphatic carbocycles. The third-order valence-electron chi connectivity index (χ3n) is 2.77. The van der Waals surface area contributed by atoms with Gasteiger partial charge in [-0.2, -0.15) is 0 Å². The molecule has 0 amide bonds. The molecule has 112 valence electrons. The molecule has 0 spiro atoms. The first kappa shape index (κ1) is 17.9. The van der Waals surface area contributed by atoms with E-state index in [0.29, 0.717) is 25.8 Å². The molecule has 0 aromatic heterocycles. The first-order valence-corrected chi connectivity index (χ1v) is 6.25. The van der Waals surface area contributed by atoms with Crippen molar-refractivity contribution in [1.82, 2.24) is 0 Å². The zero-order valence-electron chi connectivity index (χ0n) is 10.8. The number of Topliss-reactive ketones (excluding diaryl/α,β-unsaturated/α-hetero) is 1. The molecule has 0 unspecified atom stereocenters. The van der Waals surface area contributed by atoms with Crippen molar-refractivity contribution >= 4 is 11.8 Å². The maximum absolute atomic E-state index is 11.3. The van der Waals surface area contributed by atoms with Crippen molar-refractivity contribution in [2.45, 2.75) is 37.5 Å². The molecule has 0 saturated carbocycles. The Hall–Kier alpha value is -1.06. The van der Waals surface area contributed by atoms with Crippen LogP contribution in [0.4, 0.5) is 0 Å². The Morgan fingerprint density at radius 2 is 1.89 bits per heavy atom. The second-order valence-corrected chi connectivity index (χ2v) is 4.45. The molecular formula is C11H23N2O6+. The summed E-state index contributed by atoms with van der Waals surface area (Å²) in [4.78, 5) is 21.7. The van der Waals surface area contributed by atoms with Gasteiger partial charge in [0.25, 0.3) is 0 Å². The standard InChI is InChI=1S/C11H22N2O6/c12-7(11(18)19)3-1-2-4-13-5-8(15)10(17)9(16)6-14/h7,9-10,13-14,16-17H,1-6,12H2,(H,18,19)/p+1/t7-,9+,10-/m0/s1. The summed E-state index contributed by atoms with van der Waals surface area (Å²) in [5, 5.41) is 38.9. The number of aliphatic carboxylic acids is 1. The van der Waals surface area contributed by atoms with Crippen molar-refractivity contribution in [1.29, 1.82) is 0 Å². The summed E-state index contributed by atoms with van der Waals surface area (Å²) in [6.45, 7) is -0.0546. The average molecular weight is 279 g/mol. The summed E-state index contributed by atoms with van der Waals surface area (Å²) >= 11 is 0. The van der Waals surface area contributed by atoms with E-state index in [1.165, 1.54) is 0 Å². The SMILES string of the molecule is [NH3+][C@@H](CCCC[NH2+]CC(=O)[C@H](O)[C@H](O)CO)C(=O)[O-]. The lowest BCUT2D eigenvalue weighted by Crippen LogP contribution is -2.86. The minimum Gasteiger partial charge on any atom is -0.544 e. The fourth-order valence-electron chi connectivity index (χ4n) is 1.48. The van der Waals surface area contributed by atoms with Crippen LogP contribution in [0.3, 0.4) is 0 Å². The van der Waals surface area contributed by atoms with Gasteiger partial charge in [0.1, 0.15) is 24.8 Å². The number of carbonyl (C=O) groups is 2. The smallest absolute Gasteiger partial charge is 0.217 e. The normalized spacial score (nSPS) is 15.8. The molecule has 8 heteroatoms. The van der Waals surface area contributed by atoms with Gasteiger partial charge in [0.2, 0.25) is 5.78 Å². The number of carbonyl (C=O) groups excluding carboxylic acids is 2. The lowest BCUT2D eigenvalue weighted by atomic mass is 10.1. The quantitative estimate of drug-likeness (QED) is 0.237. The minimum atomic E-state index is -1.57. The summed E-state index contributed by atoms with van der Waals surface area (Å²) < 4.78 is 0. The Labute approximate surface area is 111 Å². The third kappa shape index (κ3) is 7.85. The van der Waals surface area contributed by atoms with Crippen molar-refractivity contribution < 1.29 is 41.1 Å². The van der Waals surface area contributed by atoms with Crippen LogP contribution in [-0.4, -0.2) is 65.0 Å². The summed E-state index contributed by atoms with van der Waals surface area (Å²) in [5.74, 6) is -1.72. The van der Waals surface area contributed by atoms with Crippen molar-refractivity contribution in [3.05, 3.63) is 0 Å². The molecule has 0 fully saturated rings. The van der Waals surface area contributed by atoms with Gasteiger partial charge in [0.05, 0.1) is 19.1 Å². The topological polar surface area (TPSA) is 162 Å². The van der Waals surface area contributed by atoms with Gasteiger partial charge in [-0.05, 0) is 12.8 Å². The largest absolute Gasteiger partial charge is 0.544 e. The molecule has 0 aromatic carbocycles. The monoisotopic (exact) mass is 279 g/mol. The van der Waals surface area contributed by atoms with Crippen molar-refractivity contribution in [3.8, 4) is 0 Å². The molecule has 0 aliphatic heterocycles. The molecule has 0 bridgehead atoms. The number of unbranched alkanes of at least 4 members (excludes halogenated alkanes) is 1. The Bertz CT molecular complexity index is 286. The number of aliphatic hydroxyl groups is 3. The van der Waals surface area contributed by atoms with E-state index in [-0.39, 0.29) is 6.54 Å². The van der Waals surface area contributed by atoms with Crippen LogP contribution in [0.1, 0.15) is 19.3 Å². The second-order valence-electron chi connectivity index (χ2n) is 4.45. The van der Waals surface area contributed by atoms with Crippen LogP contribution in [0, 0.1) is 0 Å². The van der Waals surface area contributed by atoms with Gasteiger partial charge >= 0.3 is 0 Å². The first-order chi connectivity index (χ1) is 8.90. The predicted molar refractivity (Wildman–Crippen MR) is 61.3 cm³/mol. The van der Waals surface area contributed by atoms with E-state index in [2.05, 4.69) is 5.73 Å². The Kier molecular flexibility index (Phi) is 9.27. The highest BCUT2D eigenvalue weighted by Gasteiger charge is 2.24. The molecule has 3 atom stereocenters. The van der Waals surface area contributed by atoms with E-state index in [9.17, 15) is 19.8 Å². The first-order valence-electron chi connectivity index (χ1n) is 6.25. The van der Waals surface area contributed by atoms with Crippen molar-refractivity contribution in [2.24, 2.45) is 0 Å². The summed E-state index contributed by atoms with van der Waals surface area (Å²) in [7, 11) is 0. The van der Waals surface area contributed by atoms with Crippen LogP contribution < -0.4 is 16.2 Å². The van der Waals surface area contributed by atoms with Crippen LogP contribution in [0.15, 0.2) is 0 Å². The number of nitrogens with two attached hydrogens (primary N) is 1. The molecule has 0 heterocycles. The highest BCUT2D eigenvalue weighted by molar-refractivity contribution is 5.84. The lowest BCUT2D eigenvalue weighted by molar-refractivity contribution is -0.644. The van der Waals surface area contributed by atoms with Gasteiger partial charge < -0.3 is 36.3 Å². The Morgan fingerprint density at radius 3 is 2.42 bits per heavy atom. The number of rotatable bonds is 11. The van der Waals surface area contributed by atoms with E-state index in [1.54, 1.807) is 5.32 Å². The zero-order chi connectivity index (χ0) is 14.8. The van der Waals surface area contributed by atoms with Gasteiger partial charge in [0.15, 0.2) is 0 Å². The summed E-state index contributed by atoms with van der Waals surface area (Å²) in [6.07, 6.45) is -1.21. The highest BCUT2D eigenvalue weighted by atomic mass is 16.4. The van der Waals surface area contributed by atoms with Gasteiger partial charge in [-0.1, -0.05) is 0 Å². The fourth-order valence-corrected chi connectivity index (χ4v) is 1.48. The van der Waals surface area contributed by atoms with Gasteiger partial charge in [-0.15, -0.1) is 0 Å². The average Bonchev–Trinajstić information content (AvgIpc) is 2.39. The minimum absolute atomic E-state index is 0.00646. The van der Waals surface area contributed by atoms with E-state index < -0.39 is 36.6 Å². The predicted octanol–water partition coefficient (Wildman–Crippen LogP) is -5.64. The summed E-state index contributed by atoms with van der Waals surface area (Å²) in [6, 6.07) is -0.719. The molecule has 0 rings (SSSR count). The second kappa shape index (κ2) is 9.82. The zero-order valence-corrected chi connectivity index (χ0v) is 10.8. The molecule has 0 aromatic rings. The number of quaternary nitrogens is 2. The molecule has 0 saturated heterocycles. The number of hydrogen-bond acceptors (Lipinski definition) is 6. The Morgan fingerprint density at radius 1 is 1.26 bits per heavy atom. The molecular weight excluding hydrogens is 256 g/mol. The molecule has 0 aliphatic rings. The Balaban J connectivity index is 3.59. The summed E-state index contributed by atoms with van der Waals surface area (Å²) in [5.41, 5.74) is 3.42. The van der Waals surface area contributed by atoms with E-state index in [1.807, 2.05) is 0 Å². The van der Waals surface area contributed by atoms with Crippen LogP contribution >= 0.6 is 0 Å². The van der Waals surface area contributed by atoms with Crippen LogP contribution in [0.5, 0.6) is 0 Å². The van der Waals surface area contributed by atoms with Crippen LogP contribution in [0.25, 0.3) is 0 Å². The number of carboxylic acid groups (broad SMARTS) is 1. The maximum atomic E-state index is 11.3. The number of ketones is 1. The van der Waals surface area contributed by atoms with Crippen LogP contribution in [-0.2, 0) is 9.59 Å². The third-order valence-corrected chi connectivity index (χ3v) is 2.77. The number of aliphatic hydroxyl groups excluding tert-OH is 3. The molecule has 19 heavy (non-hydrogen) atoms. The van der Waals surface area contributed by atoms with Gasteiger partial charge in [-0.25, -0.2) is 0 Å². The molecule has 8 nitrogen and oxygen atoms in total. The fraction of sp³-hybridized carbons (Fsp3) is 0.818. The van der Waals surface area contributed by atoms with Crippen molar-refractivity contribution in [3.63, 3.8) is 0 Å². The molecule has 0 radical (unpaired) electrons. The van der Waals surface area contributed by atoms with E-state index >= 15 is 0 Å². The number of carboxylic acids is 1. The molecule has 8 N–H and O–H groups in total. The lowest BCUT2D eigenvalue weighted by Gasteiger charge is -2.13. The van der Waals surface area contributed by atoms with E-state index in [0.717, 1.165) is 0 Å². The number of hydrogen-bond donors (Lipinski definition) is 5. The van der Waals surface area contributed by atoms with E-state index in [4.69, 9.17) is 10.2 Å².